The smallest absolute Gasteiger partial charge is 0.319 e. The minimum absolute atomic E-state index is 0.0779. The standard InChI is InChI=1S/C18H22N4O2/c1-12(2)20-17(23)14-7-9-15(10-8-14)22-18(24)21-13(3)16-6-4-5-11-19-16/h4-13H,1-3H3,(H,20,23)(H2,21,22,24). The van der Waals surface area contributed by atoms with Gasteiger partial charge in [0.1, 0.15) is 0 Å². The predicted octanol–water partition coefficient (Wildman–Crippen LogP) is 3.10. The van der Waals surface area contributed by atoms with Crippen LogP contribution in [0.1, 0.15) is 42.9 Å². The van der Waals surface area contributed by atoms with Gasteiger partial charge in [0.25, 0.3) is 5.91 Å². The molecule has 24 heavy (non-hydrogen) atoms. The summed E-state index contributed by atoms with van der Waals surface area (Å²) >= 11 is 0. The lowest BCUT2D eigenvalue weighted by Gasteiger charge is -2.14. The highest BCUT2D eigenvalue weighted by Crippen LogP contribution is 2.11. The largest absolute Gasteiger partial charge is 0.350 e. The molecule has 0 spiro atoms. The van der Waals surface area contributed by atoms with Crippen molar-refractivity contribution >= 4 is 17.6 Å². The van der Waals surface area contributed by atoms with E-state index in [1.54, 1.807) is 30.5 Å². The quantitative estimate of drug-likeness (QED) is 0.789. The Morgan fingerprint density at radius 3 is 2.25 bits per heavy atom. The first kappa shape index (κ1) is 17.5. The number of benzene rings is 1. The second-order valence-electron chi connectivity index (χ2n) is 5.78. The Hall–Kier alpha value is -2.89. The number of pyridine rings is 1. The van der Waals surface area contributed by atoms with E-state index in [4.69, 9.17) is 0 Å². The van der Waals surface area contributed by atoms with Crippen molar-refractivity contribution < 1.29 is 9.59 Å². The number of urea groups is 1. The van der Waals surface area contributed by atoms with E-state index in [0.717, 1.165) is 5.69 Å². The average molecular weight is 326 g/mol. The van der Waals surface area contributed by atoms with Crippen LogP contribution < -0.4 is 16.0 Å². The van der Waals surface area contributed by atoms with E-state index < -0.39 is 0 Å². The number of hydrogen-bond donors (Lipinski definition) is 3. The van der Waals surface area contributed by atoms with Crippen LogP contribution in [-0.4, -0.2) is 23.0 Å². The van der Waals surface area contributed by atoms with Crippen LogP contribution >= 0.6 is 0 Å². The zero-order valence-electron chi connectivity index (χ0n) is 14.0. The summed E-state index contributed by atoms with van der Waals surface area (Å²) in [6, 6.07) is 11.8. The first-order chi connectivity index (χ1) is 11.5. The molecule has 2 rings (SSSR count). The SMILES string of the molecule is CC(C)NC(=O)c1ccc(NC(=O)NC(C)c2ccccn2)cc1. The molecule has 0 aliphatic carbocycles. The monoisotopic (exact) mass is 326 g/mol. The van der Waals surface area contributed by atoms with Crippen molar-refractivity contribution in [2.45, 2.75) is 32.9 Å². The second-order valence-corrected chi connectivity index (χ2v) is 5.78. The van der Waals surface area contributed by atoms with Crippen LogP contribution in [-0.2, 0) is 0 Å². The van der Waals surface area contributed by atoms with Crippen molar-refractivity contribution in [3.05, 3.63) is 59.9 Å². The summed E-state index contributed by atoms with van der Waals surface area (Å²) in [5.41, 5.74) is 1.95. The highest BCUT2D eigenvalue weighted by atomic mass is 16.2. The maximum Gasteiger partial charge on any atom is 0.319 e. The van der Waals surface area contributed by atoms with Crippen molar-refractivity contribution in [1.82, 2.24) is 15.6 Å². The maximum atomic E-state index is 12.0. The van der Waals surface area contributed by atoms with Crippen molar-refractivity contribution in [1.29, 1.82) is 0 Å². The van der Waals surface area contributed by atoms with Crippen molar-refractivity contribution in [3.8, 4) is 0 Å². The van der Waals surface area contributed by atoms with E-state index in [0.29, 0.717) is 11.3 Å². The van der Waals surface area contributed by atoms with Gasteiger partial charge in [-0.05, 0) is 57.2 Å². The number of amides is 3. The summed E-state index contributed by atoms with van der Waals surface area (Å²) in [4.78, 5) is 28.1. The number of hydrogen-bond acceptors (Lipinski definition) is 3. The summed E-state index contributed by atoms with van der Waals surface area (Å²) in [6.07, 6.45) is 1.69. The van der Waals surface area contributed by atoms with Gasteiger partial charge in [0.15, 0.2) is 0 Å². The third-order valence-electron chi connectivity index (χ3n) is 3.30. The fourth-order valence-electron chi connectivity index (χ4n) is 2.12. The lowest BCUT2D eigenvalue weighted by atomic mass is 10.2. The van der Waals surface area contributed by atoms with Gasteiger partial charge in [0.2, 0.25) is 0 Å². The van der Waals surface area contributed by atoms with Gasteiger partial charge in [-0.2, -0.15) is 0 Å². The topological polar surface area (TPSA) is 83.1 Å². The summed E-state index contributed by atoms with van der Waals surface area (Å²) < 4.78 is 0. The van der Waals surface area contributed by atoms with Crippen LogP contribution in [0.2, 0.25) is 0 Å². The van der Waals surface area contributed by atoms with Gasteiger partial charge in [-0.25, -0.2) is 4.79 Å². The highest BCUT2D eigenvalue weighted by Gasteiger charge is 2.11. The maximum absolute atomic E-state index is 12.0. The number of rotatable bonds is 5. The Morgan fingerprint density at radius 1 is 0.958 bits per heavy atom. The Kier molecular flexibility index (Phi) is 5.89. The first-order valence-corrected chi connectivity index (χ1v) is 7.85. The molecule has 3 amide bonds. The van der Waals surface area contributed by atoms with E-state index in [-0.39, 0.29) is 24.0 Å². The number of nitrogens with one attached hydrogen (secondary N) is 3. The summed E-state index contributed by atoms with van der Waals surface area (Å²) in [5.74, 6) is -0.134. The zero-order chi connectivity index (χ0) is 17.5. The third kappa shape index (κ3) is 5.08. The van der Waals surface area contributed by atoms with Gasteiger partial charge < -0.3 is 16.0 Å². The van der Waals surface area contributed by atoms with Crippen molar-refractivity contribution in [2.24, 2.45) is 0 Å². The Morgan fingerprint density at radius 2 is 1.67 bits per heavy atom. The van der Waals surface area contributed by atoms with Gasteiger partial charge >= 0.3 is 6.03 Å². The van der Waals surface area contributed by atoms with Crippen LogP contribution in [0.5, 0.6) is 0 Å². The van der Waals surface area contributed by atoms with E-state index >= 15 is 0 Å². The number of anilines is 1. The molecule has 3 N–H and O–H groups in total. The van der Waals surface area contributed by atoms with E-state index in [1.165, 1.54) is 0 Å². The molecule has 1 heterocycles. The summed E-state index contributed by atoms with van der Waals surface area (Å²) in [6.45, 7) is 5.67. The molecule has 126 valence electrons. The molecule has 0 saturated carbocycles. The minimum Gasteiger partial charge on any atom is -0.350 e. The molecule has 0 aliphatic heterocycles. The second kappa shape index (κ2) is 8.10. The number of nitrogens with zero attached hydrogens (tertiary/aromatic N) is 1. The fraction of sp³-hybridized carbons (Fsp3) is 0.278. The molecule has 6 nitrogen and oxygen atoms in total. The molecule has 0 bridgehead atoms. The van der Waals surface area contributed by atoms with Crippen LogP contribution in [0.15, 0.2) is 48.7 Å². The van der Waals surface area contributed by atoms with Crippen LogP contribution in [0.25, 0.3) is 0 Å². The van der Waals surface area contributed by atoms with Gasteiger partial charge in [-0.1, -0.05) is 6.07 Å². The minimum atomic E-state index is -0.326. The fourth-order valence-corrected chi connectivity index (χ4v) is 2.12. The normalized spacial score (nSPS) is 11.7. The Balaban J connectivity index is 1.91. The van der Waals surface area contributed by atoms with Gasteiger partial charge in [0.05, 0.1) is 11.7 Å². The zero-order valence-corrected chi connectivity index (χ0v) is 14.0. The molecule has 1 aromatic heterocycles. The lowest BCUT2D eigenvalue weighted by Crippen LogP contribution is -2.31. The lowest BCUT2D eigenvalue weighted by molar-refractivity contribution is 0.0943. The predicted molar refractivity (Wildman–Crippen MR) is 93.9 cm³/mol. The van der Waals surface area contributed by atoms with E-state index in [2.05, 4.69) is 20.9 Å². The molecule has 0 fully saturated rings. The molecule has 0 radical (unpaired) electrons. The van der Waals surface area contributed by atoms with Gasteiger partial charge in [-0.15, -0.1) is 0 Å². The molecule has 1 atom stereocenters. The van der Waals surface area contributed by atoms with E-state index in [1.807, 2.05) is 39.0 Å². The molecule has 0 aliphatic rings. The molecular weight excluding hydrogens is 304 g/mol. The highest BCUT2D eigenvalue weighted by molar-refractivity contribution is 5.95. The molecule has 6 heteroatoms. The first-order valence-electron chi connectivity index (χ1n) is 7.85. The molecule has 1 aromatic carbocycles. The average Bonchev–Trinajstić information content (AvgIpc) is 2.55. The molecular formula is C18H22N4O2. The molecule has 0 saturated heterocycles. The Labute approximate surface area is 141 Å². The van der Waals surface area contributed by atoms with Crippen LogP contribution in [0.4, 0.5) is 10.5 Å². The summed E-state index contributed by atoms with van der Waals surface area (Å²) in [5, 5.41) is 8.37. The van der Waals surface area contributed by atoms with Gasteiger partial charge in [-0.3, -0.25) is 9.78 Å². The third-order valence-corrected chi connectivity index (χ3v) is 3.30. The van der Waals surface area contributed by atoms with Crippen molar-refractivity contribution in [3.63, 3.8) is 0 Å². The number of carbonyl (C=O) groups excluding carboxylic acids is 2. The Bertz CT molecular complexity index is 684. The summed E-state index contributed by atoms with van der Waals surface area (Å²) in [7, 11) is 0. The number of aromatic nitrogens is 1. The van der Waals surface area contributed by atoms with E-state index in [9.17, 15) is 9.59 Å². The van der Waals surface area contributed by atoms with Gasteiger partial charge in [0, 0.05) is 23.5 Å². The van der Waals surface area contributed by atoms with Crippen molar-refractivity contribution in [2.75, 3.05) is 5.32 Å². The van der Waals surface area contributed by atoms with Crippen LogP contribution in [0.3, 0.4) is 0 Å². The molecule has 1 unspecified atom stereocenters. The molecule has 2 aromatic rings. The number of carbonyl (C=O) groups is 2. The van der Waals surface area contributed by atoms with Crippen LogP contribution in [0, 0.1) is 0 Å².